The average Bonchev–Trinajstić information content (AvgIpc) is 2.92. The van der Waals surface area contributed by atoms with Gasteiger partial charge in [0.25, 0.3) is 0 Å². The van der Waals surface area contributed by atoms with Crippen LogP contribution in [0.2, 0.25) is 0 Å². The molecule has 2 aromatic rings. The lowest BCUT2D eigenvalue weighted by Crippen LogP contribution is -2.39. The van der Waals surface area contributed by atoms with Crippen molar-refractivity contribution in [3.8, 4) is 0 Å². The van der Waals surface area contributed by atoms with E-state index in [9.17, 15) is 9.18 Å². The minimum Gasteiger partial charge on any atom is -0.344 e. The van der Waals surface area contributed by atoms with Crippen molar-refractivity contribution >= 4 is 5.91 Å². The highest BCUT2D eigenvalue weighted by Gasteiger charge is 2.28. The Balaban J connectivity index is 2.10. The maximum absolute atomic E-state index is 14.1. The van der Waals surface area contributed by atoms with E-state index < -0.39 is 6.04 Å². The predicted octanol–water partition coefficient (Wildman–Crippen LogP) is 1.86. The summed E-state index contributed by atoms with van der Waals surface area (Å²) in [5, 5.41) is 4.12. The zero-order chi connectivity index (χ0) is 17.0. The van der Waals surface area contributed by atoms with Crippen LogP contribution in [0.5, 0.6) is 0 Å². The number of halogens is 1. The van der Waals surface area contributed by atoms with Crippen LogP contribution in [0.4, 0.5) is 4.39 Å². The largest absolute Gasteiger partial charge is 0.344 e. The summed E-state index contributed by atoms with van der Waals surface area (Å²) in [5.74, 6) is -0.482. The normalized spacial score (nSPS) is 12.4. The first-order chi connectivity index (χ1) is 10.9. The van der Waals surface area contributed by atoms with Crippen molar-refractivity contribution in [2.24, 2.45) is 7.05 Å². The smallest absolute Gasteiger partial charge is 0.244 e. The Kier molecular flexibility index (Phi) is 5.50. The van der Waals surface area contributed by atoms with Gasteiger partial charge in [-0.15, -0.1) is 0 Å². The lowest BCUT2D eigenvalue weighted by Gasteiger charge is -2.28. The van der Waals surface area contributed by atoms with Gasteiger partial charge in [-0.2, -0.15) is 5.10 Å². The molecule has 0 radical (unpaired) electrons. The Labute approximate surface area is 136 Å². The molecule has 1 aromatic carbocycles. The molecule has 0 N–H and O–H groups in total. The molecule has 6 heteroatoms. The molecule has 5 nitrogen and oxygen atoms in total. The van der Waals surface area contributed by atoms with Gasteiger partial charge in [-0.1, -0.05) is 18.2 Å². The molecular weight excluding hydrogens is 295 g/mol. The van der Waals surface area contributed by atoms with Crippen molar-refractivity contribution in [1.82, 2.24) is 19.6 Å². The van der Waals surface area contributed by atoms with Crippen molar-refractivity contribution in [1.29, 1.82) is 0 Å². The van der Waals surface area contributed by atoms with Crippen molar-refractivity contribution in [2.75, 3.05) is 27.7 Å². The third-order valence-electron chi connectivity index (χ3n) is 3.82. The zero-order valence-electron chi connectivity index (χ0n) is 14.0. The summed E-state index contributed by atoms with van der Waals surface area (Å²) in [5.41, 5.74) is 1.47. The Morgan fingerprint density at radius 2 is 2.00 bits per heavy atom. The summed E-state index contributed by atoms with van der Waals surface area (Å²) in [4.78, 5) is 16.1. The van der Waals surface area contributed by atoms with E-state index in [0.29, 0.717) is 18.5 Å². The average molecular weight is 318 g/mol. The number of aryl methyl sites for hydroxylation is 1. The van der Waals surface area contributed by atoms with Crippen LogP contribution in [0.15, 0.2) is 36.7 Å². The zero-order valence-corrected chi connectivity index (χ0v) is 14.0. The molecule has 0 saturated carbocycles. The van der Waals surface area contributed by atoms with Gasteiger partial charge in [0, 0.05) is 32.4 Å². The Hall–Kier alpha value is -2.21. The summed E-state index contributed by atoms with van der Waals surface area (Å²) in [7, 11) is 7.17. The molecule has 0 aliphatic heterocycles. The van der Waals surface area contributed by atoms with Gasteiger partial charge in [0.1, 0.15) is 11.9 Å². The van der Waals surface area contributed by atoms with Gasteiger partial charge in [0.2, 0.25) is 5.91 Å². The minimum absolute atomic E-state index is 0.121. The first-order valence-corrected chi connectivity index (χ1v) is 7.53. The molecule has 1 unspecified atom stereocenters. The number of hydrogen-bond acceptors (Lipinski definition) is 3. The van der Waals surface area contributed by atoms with Gasteiger partial charge >= 0.3 is 0 Å². The molecular formula is C17H23FN4O. The van der Waals surface area contributed by atoms with Crippen LogP contribution in [0.1, 0.15) is 17.2 Å². The van der Waals surface area contributed by atoms with E-state index in [1.54, 1.807) is 60.0 Å². The lowest BCUT2D eigenvalue weighted by atomic mass is 10.0. The second kappa shape index (κ2) is 7.37. The molecule has 0 bridgehead atoms. The van der Waals surface area contributed by atoms with E-state index in [4.69, 9.17) is 0 Å². The van der Waals surface area contributed by atoms with Crippen LogP contribution >= 0.6 is 0 Å². The van der Waals surface area contributed by atoms with Crippen LogP contribution in [0.25, 0.3) is 0 Å². The number of aromatic nitrogens is 2. The van der Waals surface area contributed by atoms with Crippen molar-refractivity contribution in [2.45, 2.75) is 12.5 Å². The van der Waals surface area contributed by atoms with E-state index in [0.717, 1.165) is 5.56 Å². The topological polar surface area (TPSA) is 41.4 Å². The highest BCUT2D eigenvalue weighted by atomic mass is 19.1. The highest BCUT2D eigenvalue weighted by Crippen LogP contribution is 2.23. The summed E-state index contributed by atoms with van der Waals surface area (Å²) in [6.07, 6.45) is 4.44. The van der Waals surface area contributed by atoms with E-state index in [1.165, 1.54) is 6.07 Å². The Bertz CT molecular complexity index is 668. The van der Waals surface area contributed by atoms with Gasteiger partial charge < -0.3 is 4.90 Å². The Morgan fingerprint density at radius 1 is 1.30 bits per heavy atom. The van der Waals surface area contributed by atoms with Crippen LogP contribution in [0.3, 0.4) is 0 Å². The SMILES string of the molecule is CN(CCc1cnn(C)c1)C(=O)C(c1ccccc1F)N(C)C. The number of rotatable bonds is 6. The minimum atomic E-state index is -0.630. The van der Waals surface area contributed by atoms with Crippen molar-refractivity contribution in [3.63, 3.8) is 0 Å². The molecule has 1 heterocycles. The summed E-state index contributed by atoms with van der Waals surface area (Å²) >= 11 is 0. The third-order valence-corrected chi connectivity index (χ3v) is 3.82. The molecule has 1 amide bonds. The number of benzene rings is 1. The second-order valence-electron chi connectivity index (χ2n) is 5.92. The molecule has 23 heavy (non-hydrogen) atoms. The van der Waals surface area contributed by atoms with Crippen LogP contribution in [-0.4, -0.2) is 53.2 Å². The number of carbonyl (C=O) groups is 1. The summed E-state index contributed by atoms with van der Waals surface area (Å²) in [6.45, 7) is 0.559. The van der Waals surface area contributed by atoms with Gasteiger partial charge in [-0.05, 0) is 32.1 Å². The monoisotopic (exact) mass is 318 g/mol. The Morgan fingerprint density at radius 3 is 2.57 bits per heavy atom. The summed E-state index contributed by atoms with van der Waals surface area (Å²) < 4.78 is 15.8. The maximum atomic E-state index is 14.1. The molecule has 0 aliphatic carbocycles. The molecule has 124 valence electrons. The van der Waals surface area contributed by atoms with E-state index >= 15 is 0 Å². The fraction of sp³-hybridized carbons (Fsp3) is 0.412. The number of carbonyl (C=O) groups excluding carboxylic acids is 1. The molecule has 1 aromatic heterocycles. The maximum Gasteiger partial charge on any atom is 0.244 e. The highest BCUT2D eigenvalue weighted by molar-refractivity contribution is 5.83. The fourth-order valence-electron chi connectivity index (χ4n) is 2.55. The molecule has 0 spiro atoms. The van der Waals surface area contributed by atoms with Crippen LogP contribution < -0.4 is 0 Å². The van der Waals surface area contributed by atoms with E-state index in [1.807, 2.05) is 13.2 Å². The van der Waals surface area contributed by atoms with Crippen molar-refractivity contribution < 1.29 is 9.18 Å². The molecule has 0 saturated heterocycles. The van der Waals surface area contributed by atoms with Gasteiger partial charge in [-0.3, -0.25) is 14.4 Å². The number of hydrogen-bond donors (Lipinski definition) is 0. The first kappa shape index (κ1) is 17.1. The van der Waals surface area contributed by atoms with Gasteiger partial charge in [-0.25, -0.2) is 4.39 Å². The molecule has 0 aliphatic rings. The summed E-state index contributed by atoms with van der Waals surface area (Å²) in [6, 6.07) is 5.79. The number of nitrogens with zero attached hydrogens (tertiary/aromatic N) is 4. The van der Waals surface area contributed by atoms with Gasteiger partial charge in [0.05, 0.1) is 6.20 Å². The quantitative estimate of drug-likeness (QED) is 0.816. The first-order valence-electron chi connectivity index (χ1n) is 7.53. The lowest BCUT2D eigenvalue weighted by molar-refractivity contribution is -0.135. The van der Waals surface area contributed by atoms with Crippen molar-refractivity contribution in [3.05, 3.63) is 53.6 Å². The van der Waals surface area contributed by atoms with Crippen LogP contribution in [0, 0.1) is 5.82 Å². The van der Waals surface area contributed by atoms with E-state index in [2.05, 4.69) is 5.10 Å². The number of amides is 1. The molecule has 0 fully saturated rings. The number of likely N-dealkylation sites (N-methyl/N-ethyl adjacent to an activating group) is 2. The fourth-order valence-corrected chi connectivity index (χ4v) is 2.55. The molecule has 2 rings (SSSR count). The third kappa shape index (κ3) is 4.16. The predicted molar refractivity (Wildman–Crippen MR) is 87.4 cm³/mol. The standard InChI is InChI=1S/C17H23FN4O/c1-20(2)16(14-7-5-6-8-15(14)18)17(23)21(3)10-9-13-11-19-22(4)12-13/h5-8,11-12,16H,9-10H2,1-4H3. The molecule has 1 atom stereocenters. The second-order valence-corrected chi connectivity index (χ2v) is 5.92. The van der Waals surface area contributed by atoms with E-state index in [-0.39, 0.29) is 11.7 Å². The van der Waals surface area contributed by atoms with Crippen LogP contribution in [-0.2, 0) is 18.3 Å². The van der Waals surface area contributed by atoms with Gasteiger partial charge in [0.15, 0.2) is 0 Å².